The number of ether oxygens (including phenoxy) is 4. The first kappa shape index (κ1) is 114. The van der Waals surface area contributed by atoms with Crippen LogP contribution in [0, 0.1) is 26.7 Å². The van der Waals surface area contributed by atoms with Crippen molar-refractivity contribution in [1.82, 2.24) is 47.6 Å². The summed E-state index contributed by atoms with van der Waals surface area (Å²) in [6.45, 7) is 57.3. The predicted molar refractivity (Wildman–Crippen MR) is 568 cm³/mol. The van der Waals surface area contributed by atoms with Crippen molar-refractivity contribution in [2.45, 2.75) is 261 Å². The molecule has 129 heavy (non-hydrogen) atoms. The summed E-state index contributed by atoms with van der Waals surface area (Å²) in [6, 6.07) is 41.3. The van der Waals surface area contributed by atoms with Gasteiger partial charge >= 0.3 is 0 Å². The lowest BCUT2D eigenvalue weighted by Crippen LogP contribution is -2.32. The van der Waals surface area contributed by atoms with Crippen LogP contribution < -0.4 is 19.1 Å². The molecule has 0 saturated carbocycles. The lowest BCUT2D eigenvalue weighted by molar-refractivity contribution is 0.0897. The minimum atomic E-state index is -3.66. The highest BCUT2D eigenvalue weighted by molar-refractivity contribution is 9.10. The fourth-order valence-electron chi connectivity index (χ4n) is 11.9. The van der Waals surface area contributed by atoms with Crippen LogP contribution in [0.25, 0.3) is 44.1 Å². The van der Waals surface area contributed by atoms with Gasteiger partial charge in [0.2, 0.25) is 26.0 Å². The van der Waals surface area contributed by atoms with Gasteiger partial charge in [0.1, 0.15) is 64.6 Å². The van der Waals surface area contributed by atoms with E-state index >= 15 is 0 Å². The van der Waals surface area contributed by atoms with E-state index in [1.54, 1.807) is 90.3 Å². The molecule has 3 N–H and O–H groups in total. The third-order valence-electron chi connectivity index (χ3n) is 19.2. The van der Waals surface area contributed by atoms with Crippen LogP contribution in [0.15, 0.2) is 185 Å². The molecule has 3 aromatic carbocycles. The van der Waals surface area contributed by atoms with Crippen molar-refractivity contribution in [2.24, 2.45) is 0 Å². The first-order chi connectivity index (χ1) is 61.2. The average molecular weight is 2110 g/mol. The Morgan fingerprint density at radius 2 is 0.822 bits per heavy atom. The Morgan fingerprint density at radius 1 is 0.465 bits per heavy atom. The van der Waals surface area contributed by atoms with Gasteiger partial charge in [-0.25, -0.2) is 54.6 Å². The Labute approximate surface area is 810 Å². The summed E-state index contributed by atoms with van der Waals surface area (Å²) in [4.78, 5) is 19.4. The Hall–Kier alpha value is -5.21. The summed E-state index contributed by atoms with van der Waals surface area (Å²) in [5.74, 6) is 2.90. The standard InChI is InChI=1S/C23H32BrN3O3S2Si.C23H31N3O3S2Si.C16H25N3OSSi.C13H18BrFN2OSi.C10H15NO2S2.4C2H6/c1-18-6-8-20(9-7-18)32(28,29)25-11-5-14-31-23-21(24)16-19-10-12-27(22(19)26-23)17-30-13-15-33(2,3)4;1-18-6-8-20(9-7-18)31(27,28)26-11-5-14-30-23-21(26)16-19-10-12-25(22(19)24-23)17-29-13-15-32(2,3)4;1-22(2,3)10-8-20-12-19-7-5-13-11-14-16(18-15(13)19)21-9-4-6-17-14;1-19(2,3)7-6-18-9-17-5-4-10-8-11(14)12(15)16-13(10)17;1-9-3-5-10(6-4-9)15(12,13)11-7-2-8-14;4*1-2/h6-10,12,16,25H,5,11,13-15,17H2,1-4H3;6-10,12,16H,5,11,13-15,17H2,1-4H3;5,7,11,17H,4,6,8-10,12H2,1-3H3;4-5,8H,6-7,9H2,1-3H3;3-6,11,14H,2,7-8H2,1H3;4*1-2H3. The minimum Gasteiger partial charge on any atom is -0.383 e. The smallest absolute Gasteiger partial charge is 0.264 e. The molecule has 13 rings (SSSR count). The summed E-state index contributed by atoms with van der Waals surface area (Å²) in [5.41, 5.74) is 8.33. The molecule has 0 bridgehead atoms. The highest BCUT2D eigenvalue weighted by Gasteiger charge is 2.31. The molecule has 0 spiro atoms. The predicted octanol–water partition coefficient (Wildman–Crippen LogP) is 25.4. The van der Waals surface area contributed by atoms with Crippen molar-refractivity contribution in [3.05, 3.63) is 178 Å². The molecule has 0 radical (unpaired) electrons. The van der Waals surface area contributed by atoms with Gasteiger partial charge in [0.25, 0.3) is 10.0 Å². The molecule has 2 aliphatic rings. The van der Waals surface area contributed by atoms with E-state index in [1.807, 2.05) is 157 Å². The van der Waals surface area contributed by atoms with E-state index in [9.17, 15) is 29.6 Å². The molecule has 10 heterocycles. The highest BCUT2D eigenvalue weighted by Crippen LogP contribution is 2.39. The second-order valence-electron chi connectivity index (χ2n) is 34.8. The summed E-state index contributed by atoms with van der Waals surface area (Å²) in [5, 5.41) is 10.3. The van der Waals surface area contributed by atoms with E-state index in [-0.39, 0.29) is 0 Å². The molecular formula is C93H145Br2FN12O10S7Si4. The number of aryl methyl sites for hydroxylation is 3. The molecule has 0 saturated heterocycles. The SMILES string of the molecule is CC.CC.CC.CC.C[Si](C)(C)CCOCn1ccc2cc(Br)c(F)nc21.C[Si](C)(C)CCOCn1ccc2cc3c(nc21)SCCCN3.Cc1ccc(S(=O)(=O)N2CCCSc3nc4c(ccn4COCC[Si](C)(C)C)cc32)cc1.Cc1ccc(S(=O)(=O)NCCCS)cc1.Cc1ccc(S(=O)(=O)NCCCSc2nc3c(ccn3COCC[Si](C)(C)C)cc2Br)cc1. The van der Waals surface area contributed by atoms with Gasteiger partial charge in [0, 0.05) is 148 Å². The average Bonchev–Trinajstić information content (AvgIpc) is 1.76. The van der Waals surface area contributed by atoms with Gasteiger partial charge in [-0.3, -0.25) is 4.31 Å². The normalized spacial score (nSPS) is 12.9. The fraction of sp³-hybridized carbons (Fsp3) is 0.505. The molecule has 36 heteroatoms. The Bertz CT molecular complexity index is 5540. The number of hydrogen-bond acceptors (Lipinski definition) is 19. The number of benzene rings is 3. The molecule has 22 nitrogen and oxygen atoms in total. The van der Waals surface area contributed by atoms with E-state index in [0.717, 1.165) is 151 Å². The van der Waals surface area contributed by atoms with E-state index in [0.29, 0.717) is 89.2 Å². The highest BCUT2D eigenvalue weighted by atomic mass is 79.9. The van der Waals surface area contributed by atoms with Gasteiger partial charge in [0.15, 0.2) is 0 Å². The quantitative estimate of drug-likeness (QED) is 0.00962. The van der Waals surface area contributed by atoms with Gasteiger partial charge in [0.05, 0.1) is 35.0 Å². The minimum absolute atomic E-state index is 0.295. The summed E-state index contributed by atoms with van der Waals surface area (Å²) in [7, 11) is -14.8. The van der Waals surface area contributed by atoms with Gasteiger partial charge in [-0.1, -0.05) is 187 Å². The third-order valence-corrected chi connectivity index (χ3v) is 35.8. The number of hydrogen-bond donors (Lipinski definition) is 4. The molecule has 0 fully saturated rings. The van der Waals surface area contributed by atoms with Crippen molar-refractivity contribution in [2.75, 3.05) is 85.2 Å². The monoisotopic (exact) mass is 2100 g/mol. The summed E-state index contributed by atoms with van der Waals surface area (Å²) in [6.07, 6.45) is 11.3. The Kier molecular flexibility index (Phi) is 49.9. The number of sulfonamides is 3. The van der Waals surface area contributed by atoms with Crippen LogP contribution in [0.4, 0.5) is 15.8 Å². The number of anilines is 2. The van der Waals surface area contributed by atoms with E-state index in [1.165, 1.54) is 27.8 Å². The van der Waals surface area contributed by atoms with Crippen LogP contribution in [0.3, 0.4) is 0 Å². The number of nitrogens with one attached hydrogen (secondary N) is 3. The molecule has 0 atom stereocenters. The van der Waals surface area contributed by atoms with Gasteiger partial charge in [-0.05, 0) is 193 Å². The van der Waals surface area contributed by atoms with Crippen LogP contribution >= 0.6 is 79.8 Å². The molecule has 0 unspecified atom stereocenters. The van der Waals surface area contributed by atoms with Crippen LogP contribution in [0.2, 0.25) is 103 Å². The Balaban J connectivity index is 0.000000287. The van der Waals surface area contributed by atoms with Crippen molar-refractivity contribution < 1.29 is 48.6 Å². The van der Waals surface area contributed by atoms with E-state index in [2.05, 4.69) is 172 Å². The van der Waals surface area contributed by atoms with Crippen LogP contribution in [0.5, 0.6) is 0 Å². The van der Waals surface area contributed by atoms with Crippen molar-refractivity contribution in [3.8, 4) is 0 Å². The number of thiol groups is 1. The molecule has 0 amide bonds. The van der Waals surface area contributed by atoms with Crippen molar-refractivity contribution in [3.63, 3.8) is 0 Å². The zero-order valence-corrected chi connectivity index (χ0v) is 93.4. The largest absolute Gasteiger partial charge is 0.383 e. The maximum absolute atomic E-state index is 13.5. The van der Waals surface area contributed by atoms with E-state index < -0.39 is 68.3 Å². The number of halogens is 3. The number of nitrogens with zero attached hydrogens (tertiary/aromatic N) is 9. The summed E-state index contributed by atoms with van der Waals surface area (Å²) < 4.78 is 128. The molecule has 11 aromatic rings. The number of aromatic nitrogens is 8. The molecule has 716 valence electrons. The second kappa shape index (κ2) is 56.3. The third kappa shape index (κ3) is 38.8. The lowest BCUT2D eigenvalue weighted by atomic mass is 10.2. The van der Waals surface area contributed by atoms with Crippen molar-refractivity contribution >= 4 is 198 Å². The fourth-order valence-corrected chi connectivity index (χ4v) is 22.5. The lowest BCUT2D eigenvalue weighted by Gasteiger charge is -2.24. The number of fused-ring (bicyclic) bond motifs is 6. The topological polar surface area (TPSA) is 250 Å². The molecule has 2 aliphatic heterocycles. The number of pyridine rings is 4. The molecule has 8 aromatic heterocycles. The van der Waals surface area contributed by atoms with Crippen LogP contribution in [-0.2, 0) is 75.9 Å². The first-order valence-electron chi connectivity index (χ1n) is 44.9. The van der Waals surface area contributed by atoms with E-state index in [4.69, 9.17) is 33.9 Å². The maximum Gasteiger partial charge on any atom is 0.264 e. The van der Waals surface area contributed by atoms with Gasteiger partial charge in [-0.15, -0.1) is 35.3 Å². The van der Waals surface area contributed by atoms with Crippen molar-refractivity contribution in [1.29, 1.82) is 0 Å². The number of rotatable bonds is 34. The molecular weight excluding hydrogens is 1960 g/mol. The summed E-state index contributed by atoms with van der Waals surface area (Å²) >= 11 is 15.9. The zero-order valence-electron chi connectivity index (χ0n) is 80.5. The first-order valence-corrected chi connectivity index (χ1v) is 69.3. The number of thioether (sulfide) groups is 3. The Morgan fingerprint density at radius 3 is 1.24 bits per heavy atom. The zero-order chi connectivity index (χ0) is 95.9. The maximum atomic E-state index is 13.5. The molecule has 0 aliphatic carbocycles. The van der Waals surface area contributed by atoms with Crippen LogP contribution in [-0.4, -0.2) is 171 Å². The van der Waals surface area contributed by atoms with Gasteiger partial charge in [-0.2, -0.15) is 17.0 Å². The van der Waals surface area contributed by atoms with Crippen LogP contribution in [0.1, 0.15) is 97.8 Å². The second-order valence-corrected chi connectivity index (χ2v) is 68.1. The van der Waals surface area contributed by atoms with Gasteiger partial charge < -0.3 is 42.5 Å².